The molecule has 3 unspecified atom stereocenters. The van der Waals surface area contributed by atoms with Gasteiger partial charge in [0.05, 0.1) is 5.57 Å². The molecule has 1 N–H and O–H groups in total. The van der Waals surface area contributed by atoms with E-state index in [2.05, 4.69) is 5.32 Å². The van der Waals surface area contributed by atoms with Gasteiger partial charge in [0.25, 0.3) is 0 Å². The van der Waals surface area contributed by atoms with Gasteiger partial charge in [-0.05, 0) is 36.8 Å². The van der Waals surface area contributed by atoms with Crippen LogP contribution < -0.4 is 5.32 Å². The first-order valence-electron chi connectivity index (χ1n) is 6.30. The Hall–Kier alpha value is -0.770. The van der Waals surface area contributed by atoms with E-state index in [9.17, 15) is 13.2 Å². The molecule has 1 aliphatic heterocycles. The molecular weight excluding hydrogens is 227 g/mol. The zero-order valence-electron chi connectivity index (χ0n) is 9.56. The summed E-state index contributed by atoms with van der Waals surface area (Å²) >= 11 is 0. The molecule has 4 heteroatoms. The Balaban J connectivity index is 1.88. The van der Waals surface area contributed by atoms with E-state index in [1.54, 1.807) is 0 Å². The molecule has 2 fully saturated rings. The Bertz CT molecular complexity index is 381. The van der Waals surface area contributed by atoms with E-state index in [1.165, 1.54) is 18.6 Å². The molecular formula is C13H16F3N. The second-order valence-corrected chi connectivity index (χ2v) is 5.25. The first-order chi connectivity index (χ1) is 8.05. The van der Waals surface area contributed by atoms with E-state index in [0.29, 0.717) is 18.4 Å². The Kier molecular flexibility index (Phi) is 2.58. The van der Waals surface area contributed by atoms with E-state index in [0.717, 1.165) is 24.8 Å². The zero-order chi connectivity index (χ0) is 12.0. The third kappa shape index (κ3) is 1.92. The van der Waals surface area contributed by atoms with Gasteiger partial charge >= 0.3 is 6.18 Å². The summed E-state index contributed by atoms with van der Waals surface area (Å²) in [6.45, 7) is 0. The summed E-state index contributed by atoms with van der Waals surface area (Å²) < 4.78 is 38.1. The van der Waals surface area contributed by atoms with Gasteiger partial charge in [0, 0.05) is 12.1 Å². The first-order valence-corrected chi connectivity index (χ1v) is 6.30. The Morgan fingerprint density at radius 2 is 1.94 bits per heavy atom. The molecule has 1 saturated heterocycles. The molecule has 0 radical (unpaired) electrons. The molecule has 0 aromatic heterocycles. The molecule has 1 saturated carbocycles. The lowest BCUT2D eigenvalue weighted by molar-refractivity contribution is -0.0887. The number of alkyl halides is 3. The number of rotatable bonds is 0. The highest BCUT2D eigenvalue weighted by atomic mass is 19.4. The topological polar surface area (TPSA) is 12.0 Å². The van der Waals surface area contributed by atoms with Crippen LogP contribution >= 0.6 is 0 Å². The lowest BCUT2D eigenvalue weighted by Crippen LogP contribution is -2.33. The minimum absolute atomic E-state index is 0.161. The number of halogens is 3. The predicted molar refractivity (Wildman–Crippen MR) is 59.5 cm³/mol. The van der Waals surface area contributed by atoms with Gasteiger partial charge in [-0.1, -0.05) is 18.9 Å². The van der Waals surface area contributed by atoms with Gasteiger partial charge in [0.2, 0.25) is 0 Å². The van der Waals surface area contributed by atoms with Crippen LogP contribution in [0.15, 0.2) is 23.3 Å². The molecule has 0 aromatic carbocycles. The minimum atomic E-state index is -4.19. The average molecular weight is 243 g/mol. The van der Waals surface area contributed by atoms with Crippen molar-refractivity contribution in [2.75, 3.05) is 0 Å². The summed E-state index contributed by atoms with van der Waals surface area (Å²) in [5.74, 6) is 0.347. The third-order valence-corrected chi connectivity index (χ3v) is 4.23. The van der Waals surface area contributed by atoms with Gasteiger partial charge in [-0.25, -0.2) is 0 Å². The first kappa shape index (κ1) is 11.3. The molecule has 0 amide bonds. The molecule has 17 heavy (non-hydrogen) atoms. The fourth-order valence-electron chi connectivity index (χ4n) is 3.43. The second-order valence-electron chi connectivity index (χ2n) is 5.25. The molecule has 3 atom stereocenters. The van der Waals surface area contributed by atoms with Crippen LogP contribution in [0.5, 0.6) is 0 Å². The summed E-state index contributed by atoms with van der Waals surface area (Å²) in [6.07, 6.45) is 3.55. The van der Waals surface area contributed by atoms with Crippen LogP contribution in [-0.2, 0) is 0 Å². The Morgan fingerprint density at radius 3 is 2.71 bits per heavy atom. The normalized spacial score (nSPS) is 37.0. The van der Waals surface area contributed by atoms with Crippen molar-refractivity contribution in [3.63, 3.8) is 0 Å². The summed E-state index contributed by atoms with van der Waals surface area (Å²) in [7, 11) is 0. The number of fused-ring (bicyclic) bond motifs is 3. The van der Waals surface area contributed by atoms with Crippen molar-refractivity contribution in [1.29, 1.82) is 0 Å². The fourth-order valence-corrected chi connectivity index (χ4v) is 3.43. The Morgan fingerprint density at radius 1 is 1.18 bits per heavy atom. The summed E-state index contributed by atoms with van der Waals surface area (Å²) in [6, 6.07) is 0.579. The maximum atomic E-state index is 12.7. The van der Waals surface area contributed by atoms with Crippen LogP contribution in [0.2, 0.25) is 0 Å². The smallest absolute Gasteiger partial charge is 0.307 e. The molecule has 0 aromatic rings. The van der Waals surface area contributed by atoms with Gasteiger partial charge < -0.3 is 5.32 Å². The Labute approximate surface area is 98.8 Å². The highest BCUT2D eigenvalue weighted by molar-refractivity contribution is 5.39. The largest absolute Gasteiger partial charge is 0.416 e. The predicted octanol–water partition coefficient (Wildman–Crippen LogP) is 3.34. The molecule has 3 rings (SSSR count). The van der Waals surface area contributed by atoms with Crippen molar-refractivity contribution in [3.05, 3.63) is 23.3 Å². The SMILES string of the molecule is FC(F)(F)C1=CCC2NC3CCCCC3C2=C1. The van der Waals surface area contributed by atoms with Crippen molar-refractivity contribution in [2.24, 2.45) is 5.92 Å². The molecule has 2 aliphatic carbocycles. The lowest BCUT2D eigenvalue weighted by atomic mass is 9.79. The fraction of sp³-hybridized carbons (Fsp3) is 0.692. The lowest BCUT2D eigenvalue weighted by Gasteiger charge is -2.26. The van der Waals surface area contributed by atoms with Gasteiger partial charge in [0.1, 0.15) is 0 Å². The van der Waals surface area contributed by atoms with Crippen molar-refractivity contribution in [1.82, 2.24) is 5.32 Å². The van der Waals surface area contributed by atoms with E-state index >= 15 is 0 Å². The van der Waals surface area contributed by atoms with Gasteiger partial charge in [-0.15, -0.1) is 0 Å². The van der Waals surface area contributed by atoms with Crippen molar-refractivity contribution >= 4 is 0 Å². The van der Waals surface area contributed by atoms with Crippen molar-refractivity contribution < 1.29 is 13.2 Å². The molecule has 1 heterocycles. The number of nitrogens with one attached hydrogen (secondary N) is 1. The highest BCUT2D eigenvalue weighted by Gasteiger charge is 2.43. The zero-order valence-corrected chi connectivity index (χ0v) is 9.56. The highest BCUT2D eigenvalue weighted by Crippen LogP contribution is 2.42. The maximum absolute atomic E-state index is 12.7. The molecule has 0 bridgehead atoms. The number of hydrogen-bond acceptors (Lipinski definition) is 1. The van der Waals surface area contributed by atoms with Crippen LogP contribution in [0.3, 0.4) is 0 Å². The summed E-state index contributed by atoms with van der Waals surface area (Å²) in [4.78, 5) is 0. The average Bonchev–Trinajstić information content (AvgIpc) is 2.65. The van der Waals surface area contributed by atoms with E-state index in [1.807, 2.05) is 0 Å². The van der Waals surface area contributed by atoms with Gasteiger partial charge in [-0.3, -0.25) is 0 Å². The minimum Gasteiger partial charge on any atom is -0.307 e. The van der Waals surface area contributed by atoms with Gasteiger partial charge in [0.15, 0.2) is 0 Å². The second kappa shape index (κ2) is 3.87. The van der Waals surface area contributed by atoms with Crippen molar-refractivity contribution in [2.45, 2.75) is 50.4 Å². The maximum Gasteiger partial charge on any atom is 0.416 e. The van der Waals surface area contributed by atoms with E-state index in [4.69, 9.17) is 0 Å². The van der Waals surface area contributed by atoms with Crippen LogP contribution in [-0.4, -0.2) is 18.3 Å². The summed E-state index contributed by atoms with van der Waals surface area (Å²) in [5, 5.41) is 3.49. The van der Waals surface area contributed by atoms with E-state index < -0.39 is 11.7 Å². The molecule has 94 valence electrons. The van der Waals surface area contributed by atoms with E-state index in [-0.39, 0.29) is 6.04 Å². The monoisotopic (exact) mass is 243 g/mol. The number of allylic oxidation sites excluding steroid dienone is 2. The third-order valence-electron chi connectivity index (χ3n) is 4.23. The quantitative estimate of drug-likeness (QED) is 0.688. The van der Waals surface area contributed by atoms with Crippen LogP contribution in [0.25, 0.3) is 0 Å². The van der Waals surface area contributed by atoms with Gasteiger partial charge in [-0.2, -0.15) is 13.2 Å². The van der Waals surface area contributed by atoms with Crippen molar-refractivity contribution in [3.8, 4) is 0 Å². The molecule has 3 aliphatic rings. The molecule has 1 nitrogen and oxygen atoms in total. The molecule has 0 spiro atoms. The number of hydrogen-bond donors (Lipinski definition) is 1. The van der Waals surface area contributed by atoms with Crippen LogP contribution in [0.4, 0.5) is 13.2 Å². The van der Waals surface area contributed by atoms with Crippen LogP contribution in [0, 0.1) is 5.92 Å². The standard InChI is InChI=1S/C13H16F3N/c14-13(15,16)8-5-6-12-10(7-8)9-3-1-2-4-11(9)17-12/h5,7,9,11-12,17H,1-4,6H2. The van der Waals surface area contributed by atoms with Crippen LogP contribution in [0.1, 0.15) is 32.1 Å². The summed E-state index contributed by atoms with van der Waals surface area (Å²) in [5.41, 5.74) is 0.557.